The lowest BCUT2D eigenvalue weighted by molar-refractivity contribution is -0.121. The molecule has 0 atom stereocenters. The van der Waals surface area contributed by atoms with Gasteiger partial charge in [0.05, 0.1) is 18.1 Å². The van der Waals surface area contributed by atoms with Gasteiger partial charge in [0.2, 0.25) is 0 Å². The highest BCUT2D eigenvalue weighted by Gasteiger charge is 2.21. The topological polar surface area (TPSA) is 88.9 Å². The maximum absolute atomic E-state index is 12.8. The minimum absolute atomic E-state index is 0.144. The molecule has 2 aromatic carbocycles. The van der Waals surface area contributed by atoms with Crippen LogP contribution in [0.15, 0.2) is 36.4 Å². The Morgan fingerprint density at radius 2 is 1.86 bits per heavy atom. The number of hydrogen-bond donors (Lipinski definition) is 0. The second kappa shape index (κ2) is 9.11. The highest BCUT2D eigenvalue weighted by atomic mass is 16.6. The molecule has 0 aliphatic carbocycles. The van der Waals surface area contributed by atoms with Crippen molar-refractivity contribution in [2.45, 2.75) is 20.3 Å². The Morgan fingerprint density at radius 3 is 2.62 bits per heavy atom. The second-order valence-corrected chi connectivity index (χ2v) is 6.68. The van der Waals surface area contributed by atoms with Crippen molar-refractivity contribution in [3.05, 3.63) is 53.1 Å². The van der Waals surface area contributed by atoms with Gasteiger partial charge < -0.3 is 19.1 Å². The van der Waals surface area contributed by atoms with Gasteiger partial charge in [0.15, 0.2) is 18.1 Å². The molecule has 7 nitrogen and oxygen atoms in total. The van der Waals surface area contributed by atoms with Crippen LogP contribution in [0.25, 0.3) is 0 Å². The number of ether oxygens (including phenoxy) is 3. The summed E-state index contributed by atoms with van der Waals surface area (Å²) < 4.78 is 16.3. The van der Waals surface area contributed by atoms with Crippen molar-refractivity contribution in [1.29, 1.82) is 5.26 Å². The van der Waals surface area contributed by atoms with Crippen molar-refractivity contribution >= 4 is 17.6 Å². The third-order valence-corrected chi connectivity index (χ3v) is 4.53. The van der Waals surface area contributed by atoms with E-state index >= 15 is 0 Å². The highest BCUT2D eigenvalue weighted by molar-refractivity contribution is 5.97. The van der Waals surface area contributed by atoms with Crippen LogP contribution in [0.2, 0.25) is 0 Å². The van der Waals surface area contributed by atoms with Crippen LogP contribution < -0.4 is 14.4 Å². The van der Waals surface area contributed by atoms with Gasteiger partial charge in [-0.1, -0.05) is 17.7 Å². The van der Waals surface area contributed by atoms with Crippen LogP contribution >= 0.6 is 0 Å². The molecule has 2 aromatic rings. The number of carbonyl (C=O) groups excluding carboxylic acids is 2. The average Bonchev–Trinajstić information content (AvgIpc) is 2.73. The smallest absolute Gasteiger partial charge is 0.338 e. The maximum Gasteiger partial charge on any atom is 0.338 e. The Hall–Kier alpha value is -3.53. The van der Waals surface area contributed by atoms with E-state index in [4.69, 9.17) is 19.5 Å². The largest absolute Gasteiger partial charge is 0.486 e. The molecule has 3 rings (SSSR count). The Kier molecular flexibility index (Phi) is 6.35. The van der Waals surface area contributed by atoms with Crippen molar-refractivity contribution < 1.29 is 23.8 Å². The van der Waals surface area contributed by atoms with Crippen molar-refractivity contribution in [1.82, 2.24) is 0 Å². The lowest BCUT2D eigenvalue weighted by atomic mass is 10.1. The summed E-state index contributed by atoms with van der Waals surface area (Å²) in [6.45, 7) is 4.34. The fraction of sp³-hybridized carbons (Fsp3) is 0.318. The Balaban J connectivity index is 1.73. The van der Waals surface area contributed by atoms with E-state index < -0.39 is 18.5 Å². The van der Waals surface area contributed by atoms with Gasteiger partial charge >= 0.3 is 5.97 Å². The summed E-state index contributed by atoms with van der Waals surface area (Å²) >= 11 is 0. The van der Waals surface area contributed by atoms with Crippen LogP contribution in [0.1, 0.15) is 27.9 Å². The van der Waals surface area contributed by atoms with E-state index in [-0.39, 0.29) is 13.0 Å². The molecule has 1 amide bonds. The van der Waals surface area contributed by atoms with Gasteiger partial charge in [-0.25, -0.2) is 4.79 Å². The molecule has 1 heterocycles. The third-order valence-electron chi connectivity index (χ3n) is 4.53. The number of nitriles is 1. The number of esters is 1. The molecule has 0 fully saturated rings. The number of nitrogens with zero attached hydrogens (tertiary/aromatic N) is 2. The van der Waals surface area contributed by atoms with E-state index in [0.29, 0.717) is 36.0 Å². The van der Waals surface area contributed by atoms with Gasteiger partial charge in [0.1, 0.15) is 13.2 Å². The zero-order chi connectivity index (χ0) is 20.8. The molecule has 0 aromatic heterocycles. The zero-order valence-corrected chi connectivity index (χ0v) is 16.4. The fourth-order valence-electron chi connectivity index (χ4n) is 3.00. The molecule has 0 saturated carbocycles. The lowest BCUT2D eigenvalue weighted by Crippen LogP contribution is -2.35. The number of rotatable bonds is 6. The molecule has 29 heavy (non-hydrogen) atoms. The van der Waals surface area contributed by atoms with Gasteiger partial charge in [0, 0.05) is 18.3 Å². The normalized spacial score (nSPS) is 12.0. The van der Waals surface area contributed by atoms with Crippen molar-refractivity contribution in [3.8, 4) is 17.6 Å². The van der Waals surface area contributed by atoms with E-state index in [0.717, 1.165) is 11.1 Å². The lowest BCUT2D eigenvalue weighted by Gasteiger charge is -2.24. The molecule has 0 bridgehead atoms. The molecule has 1 aliphatic rings. The van der Waals surface area contributed by atoms with Crippen LogP contribution in [0.3, 0.4) is 0 Å². The van der Waals surface area contributed by atoms with Gasteiger partial charge in [0.25, 0.3) is 5.91 Å². The summed E-state index contributed by atoms with van der Waals surface area (Å²) in [7, 11) is 0. The monoisotopic (exact) mass is 394 g/mol. The van der Waals surface area contributed by atoms with Gasteiger partial charge in [-0.05, 0) is 37.6 Å². The van der Waals surface area contributed by atoms with E-state index in [1.807, 2.05) is 32.0 Å². The summed E-state index contributed by atoms with van der Waals surface area (Å²) in [5.41, 5.74) is 2.69. The van der Waals surface area contributed by atoms with Crippen molar-refractivity contribution in [2.24, 2.45) is 0 Å². The van der Waals surface area contributed by atoms with Crippen LogP contribution in [-0.2, 0) is 9.53 Å². The van der Waals surface area contributed by atoms with Crippen LogP contribution in [0.5, 0.6) is 11.5 Å². The highest BCUT2D eigenvalue weighted by Crippen LogP contribution is 2.34. The fourth-order valence-corrected chi connectivity index (χ4v) is 3.00. The van der Waals surface area contributed by atoms with Gasteiger partial charge in [-0.2, -0.15) is 5.26 Å². The molecule has 0 radical (unpaired) electrons. The molecule has 1 aliphatic heterocycles. The summed E-state index contributed by atoms with van der Waals surface area (Å²) in [5.74, 6) is 0.169. The van der Waals surface area contributed by atoms with Crippen molar-refractivity contribution in [3.63, 3.8) is 0 Å². The molecule has 7 heteroatoms. The number of benzene rings is 2. The van der Waals surface area contributed by atoms with Gasteiger partial charge in [-0.3, -0.25) is 4.79 Å². The first-order chi connectivity index (χ1) is 14.0. The van der Waals surface area contributed by atoms with E-state index in [9.17, 15) is 9.59 Å². The van der Waals surface area contributed by atoms with E-state index in [1.165, 1.54) is 4.90 Å². The Bertz CT molecular complexity index is 964. The predicted molar refractivity (Wildman–Crippen MR) is 106 cm³/mol. The SMILES string of the molecule is Cc1ccc(C)c(C(=O)OCC(=O)N(CCC#N)c2ccc3c(c2)OCCO3)c1. The van der Waals surface area contributed by atoms with E-state index in [1.54, 1.807) is 24.3 Å². The number of hydrogen-bond acceptors (Lipinski definition) is 6. The maximum atomic E-state index is 12.8. The Labute approximate surface area is 169 Å². The summed E-state index contributed by atoms with van der Waals surface area (Å²) in [5, 5.41) is 8.94. The number of aryl methyl sites for hydroxylation is 2. The van der Waals surface area contributed by atoms with Crippen LogP contribution in [0.4, 0.5) is 5.69 Å². The van der Waals surface area contributed by atoms with Crippen LogP contribution in [-0.4, -0.2) is 38.2 Å². The summed E-state index contributed by atoms with van der Waals surface area (Å²) in [6, 6.07) is 12.6. The number of carbonyl (C=O) groups is 2. The first-order valence-corrected chi connectivity index (χ1v) is 9.31. The average molecular weight is 394 g/mol. The van der Waals surface area contributed by atoms with E-state index in [2.05, 4.69) is 0 Å². The zero-order valence-electron chi connectivity index (χ0n) is 16.4. The first-order valence-electron chi connectivity index (χ1n) is 9.31. The number of fused-ring (bicyclic) bond motifs is 1. The minimum Gasteiger partial charge on any atom is -0.486 e. The van der Waals surface area contributed by atoms with Crippen LogP contribution in [0, 0.1) is 25.2 Å². The molecule has 0 N–H and O–H groups in total. The quantitative estimate of drug-likeness (QED) is 0.699. The summed E-state index contributed by atoms with van der Waals surface area (Å²) in [6.07, 6.45) is 0.144. The molecular formula is C22H22N2O5. The number of amides is 1. The molecule has 0 unspecified atom stereocenters. The molecule has 0 spiro atoms. The Morgan fingerprint density at radius 1 is 1.10 bits per heavy atom. The predicted octanol–water partition coefficient (Wildman–Crippen LogP) is 3.18. The minimum atomic E-state index is -0.554. The molecular weight excluding hydrogens is 372 g/mol. The van der Waals surface area contributed by atoms with Gasteiger partial charge in [-0.15, -0.1) is 0 Å². The number of anilines is 1. The molecule has 150 valence electrons. The van der Waals surface area contributed by atoms with Crippen molar-refractivity contribution in [2.75, 3.05) is 31.3 Å². The third kappa shape index (κ3) is 4.85. The standard InChI is InChI=1S/C22H22N2O5/c1-15-4-5-16(2)18(12-15)22(26)29-14-21(25)24(9-3-8-23)17-6-7-19-20(13-17)28-11-10-27-19/h4-7,12-13H,3,9-11,14H2,1-2H3. The second-order valence-electron chi connectivity index (χ2n) is 6.68. The first kappa shape index (κ1) is 20.2. The summed E-state index contributed by atoms with van der Waals surface area (Å²) in [4.78, 5) is 26.6. The molecule has 0 saturated heterocycles.